The molecule has 0 spiro atoms. The fourth-order valence-electron chi connectivity index (χ4n) is 3.23. The van der Waals surface area contributed by atoms with Crippen molar-refractivity contribution >= 4 is 17.5 Å². The van der Waals surface area contributed by atoms with Crippen molar-refractivity contribution in [3.63, 3.8) is 0 Å². The van der Waals surface area contributed by atoms with E-state index in [4.69, 9.17) is 0 Å². The van der Waals surface area contributed by atoms with E-state index in [-0.39, 0.29) is 30.5 Å². The van der Waals surface area contributed by atoms with Gasteiger partial charge in [-0.05, 0) is 25.8 Å². The first kappa shape index (κ1) is 23.1. The highest BCUT2D eigenvalue weighted by molar-refractivity contribution is 5.88. The zero-order chi connectivity index (χ0) is 22.1. The normalized spacial score (nSPS) is 11.6. The number of nitrogens with zero attached hydrogens (tertiary/aromatic N) is 2. The molecular formula is C23H29N3O4. The number of aryl methyl sites for hydroxylation is 1. The van der Waals surface area contributed by atoms with Crippen LogP contribution in [0.4, 0.5) is 5.69 Å². The van der Waals surface area contributed by atoms with Gasteiger partial charge in [0.2, 0.25) is 11.8 Å². The molecule has 0 bridgehead atoms. The summed E-state index contributed by atoms with van der Waals surface area (Å²) in [5.74, 6) is -0.559. The van der Waals surface area contributed by atoms with E-state index in [0.29, 0.717) is 12.1 Å². The number of hydrogen-bond acceptors (Lipinski definition) is 4. The molecule has 0 aliphatic carbocycles. The molecule has 7 nitrogen and oxygen atoms in total. The summed E-state index contributed by atoms with van der Waals surface area (Å²) in [6.45, 7) is 6.49. The lowest BCUT2D eigenvalue weighted by atomic mass is 10.1. The van der Waals surface area contributed by atoms with E-state index in [0.717, 1.165) is 24.0 Å². The zero-order valence-corrected chi connectivity index (χ0v) is 17.8. The third-order valence-corrected chi connectivity index (χ3v) is 4.96. The topological polar surface area (TPSA) is 92.6 Å². The van der Waals surface area contributed by atoms with Crippen LogP contribution in [0.1, 0.15) is 43.4 Å². The van der Waals surface area contributed by atoms with Crippen LogP contribution in [0.25, 0.3) is 0 Å². The van der Waals surface area contributed by atoms with Crippen LogP contribution in [0.2, 0.25) is 0 Å². The Morgan fingerprint density at radius 2 is 1.90 bits per heavy atom. The molecular weight excluding hydrogens is 382 g/mol. The van der Waals surface area contributed by atoms with E-state index < -0.39 is 11.0 Å². The zero-order valence-electron chi connectivity index (χ0n) is 17.8. The Labute approximate surface area is 177 Å². The number of amides is 2. The van der Waals surface area contributed by atoms with Gasteiger partial charge in [0.25, 0.3) is 5.69 Å². The van der Waals surface area contributed by atoms with Crippen molar-refractivity contribution in [3.05, 3.63) is 75.3 Å². The van der Waals surface area contributed by atoms with Crippen LogP contribution in [-0.2, 0) is 22.6 Å². The van der Waals surface area contributed by atoms with Gasteiger partial charge in [-0.3, -0.25) is 19.7 Å². The van der Waals surface area contributed by atoms with E-state index in [1.54, 1.807) is 25.1 Å². The first-order valence-corrected chi connectivity index (χ1v) is 10.2. The molecule has 1 N–H and O–H groups in total. The van der Waals surface area contributed by atoms with Gasteiger partial charge >= 0.3 is 0 Å². The number of carbonyl (C=O) groups is 2. The Bertz CT molecular complexity index is 898. The molecule has 0 saturated heterocycles. The fraction of sp³-hybridized carbons (Fsp3) is 0.391. The van der Waals surface area contributed by atoms with Crippen LogP contribution < -0.4 is 5.32 Å². The highest BCUT2D eigenvalue weighted by atomic mass is 16.6. The second-order valence-corrected chi connectivity index (χ2v) is 7.39. The maximum atomic E-state index is 13.2. The highest BCUT2D eigenvalue weighted by Gasteiger charge is 2.27. The minimum atomic E-state index is -0.697. The minimum Gasteiger partial charge on any atom is -0.354 e. The van der Waals surface area contributed by atoms with Crippen molar-refractivity contribution in [2.75, 3.05) is 6.54 Å². The lowest BCUT2D eigenvalue weighted by Gasteiger charge is -2.29. The smallest absolute Gasteiger partial charge is 0.273 e. The highest BCUT2D eigenvalue weighted by Crippen LogP contribution is 2.20. The monoisotopic (exact) mass is 411 g/mol. The first-order chi connectivity index (χ1) is 14.3. The third-order valence-electron chi connectivity index (χ3n) is 4.96. The molecule has 0 unspecified atom stereocenters. The SMILES string of the molecule is CCCCNC(=O)[C@H](C)N(Cc1cccc(C)c1)C(=O)Cc1ccccc1[N+](=O)[O-]. The van der Waals surface area contributed by atoms with Gasteiger partial charge in [-0.2, -0.15) is 0 Å². The van der Waals surface area contributed by atoms with Gasteiger partial charge in [0.05, 0.1) is 11.3 Å². The molecule has 1 atom stereocenters. The van der Waals surface area contributed by atoms with Gasteiger partial charge < -0.3 is 10.2 Å². The van der Waals surface area contributed by atoms with Crippen LogP contribution in [-0.4, -0.2) is 34.2 Å². The second-order valence-electron chi connectivity index (χ2n) is 7.39. The number of carbonyl (C=O) groups excluding carboxylic acids is 2. The summed E-state index contributed by atoms with van der Waals surface area (Å²) < 4.78 is 0. The molecule has 7 heteroatoms. The second kappa shape index (κ2) is 11.1. The predicted octanol–water partition coefficient (Wildman–Crippen LogP) is 3.78. The van der Waals surface area contributed by atoms with E-state index >= 15 is 0 Å². The lowest BCUT2D eigenvalue weighted by Crippen LogP contribution is -2.48. The quantitative estimate of drug-likeness (QED) is 0.366. The summed E-state index contributed by atoms with van der Waals surface area (Å²) in [4.78, 5) is 38.1. The molecule has 30 heavy (non-hydrogen) atoms. The van der Waals surface area contributed by atoms with Crippen molar-refractivity contribution < 1.29 is 14.5 Å². The molecule has 0 aliphatic rings. The molecule has 2 aromatic carbocycles. The van der Waals surface area contributed by atoms with Crippen molar-refractivity contribution in [2.45, 2.75) is 52.6 Å². The maximum Gasteiger partial charge on any atom is 0.273 e. The minimum absolute atomic E-state index is 0.0959. The van der Waals surface area contributed by atoms with Crippen LogP contribution in [0.15, 0.2) is 48.5 Å². The Morgan fingerprint density at radius 1 is 1.17 bits per heavy atom. The first-order valence-electron chi connectivity index (χ1n) is 10.2. The van der Waals surface area contributed by atoms with E-state index in [2.05, 4.69) is 5.32 Å². The number of nitro groups is 1. The molecule has 0 fully saturated rings. The van der Waals surface area contributed by atoms with E-state index in [9.17, 15) is 19.7 Å². The molecule has 0 heterocycles. The van der Waals surface area contributed by atoms with Crippen molar-refractivity contribution in [3.8, 4) is 0 Å². The van der Waals surface area contributed by atoms with Crippen molar-refractivity contribution in [1.29, 1.82) is 0 Å². The Hall–Kier alpha value is -3.22. The van der Waals surface area contributed by atoms with Crippen LogP contribution in [0, 0.1) is 17.0 Å². The van der Waals surface area contributed by atoms with Gasteiger partial charge in [-0.15, -0.1) is 0 Å². The van der Waals surface area contributed by atoms with Gasteiger partial charge in [-0.25, -0.2) is 0 Å². The standard InChI is InChI=1S/C23H29N3O4/c1-4-5-13-24-23(28)18(3)25(16-19-10-8-9-17(2)14-19)22(27)15-20-11-6-7-12-21(20)26(29)30/h6-12,14,18H,4-5,13,15-16H2,1-3H3,(H,24,28)/t18-/m0/s1. The summed E-state index contributed by atoms with van der Waals surface area (Å²) in [6, 6.07) is 13.2. The Kier molecular flexibility index (Phi) is 8.53. The molecule has 0 saturated carbocycles. The molecule has 0 aromatic heterocycles. The number of rotatable bonds is 10. The predicted molar refractivity (Wildman–Crippen MR) is 116 cm³/mol. The average molecular weight is 412 g/mol. The average Bonchev–Trinajstić information content (AvgIpc) is 2.71. The van der Waals surface area contributed by atoms with Crippen molar-refractivity contribution in [2.24, 2.45) is 0 Å². The largest absolute Gasteiger partial charge is 0.354 e. The number of para-hydroxylation sites is 1. The van der Waals surface area contributed by atoms with Gasteiger partial charge in [-0.1, -0.05) is 61.4 Å². The number of nitro benzene ring substituents is 1. The molecule has 0 aliphatic heterocycles. The molecule has 2 amide bonds. The maximum absolute atomic E-state index is 13.2. The summed E-state index contributed by atoms with van der Waals surface area (Å²) in [7, 11) is 0. The van der Waals surface area contributed by atoms with E-state index in [1.807, 2.05) is 38.1 Å². The van der Waals surface area contributed by atoms with Crippen LogP contribution in [0.3, 0.4) is 0 Å². The van der Waals surface area contributed by atoms with Crippen LogP contribution in [0.5, 0.6) is 0 Å². The van der Waals surface area contributed by atoms with Gasteiger partial charge in [0.1, 0.15) is 6.04 Å². The summed E-state index contributed by atoms with van der Waals surface area (Å²) in [5.41, 5.74) is 2.19. The number of hydrogen-bond donors (Lipinski definition) is 1. The molecule has 2 rings (SSSR count). The summed E-state index contributed by atoms with van der Waals surface area (Å²) in [5, 5.41) is 14.2. The third kappa shape index (κ3) is 6.40. The number of benzene rings is 2. The molecule has 0 radical (unpaired) electrons. The lowest BCUT2D eigenvalue weighted by molar-refractivity contribution is -0.385. The number of unbranched alkanes of at least 4 members (excludes halogenated alkanes) is 1. The summed E-state index contributed by atoms with van der Waals surface area (Å²) >= 11 is 0. The van der Waals surface area contributed by atoms with Crippen molar-refractivity contribution in [1.82, 2.24) is 10.2 Å². The fourth-order valence-corrected chi connectivity index (χ4v) is 3.23. The number of nitrogens with one attached hydrogen (secondary N) is 1. The molecule has 2 aromatic rings. The van der Waals surface area contributed by atoms with E-state index in [1.165, 1.54) is 11.0 Å². The molecule has 160 valence electrons. The van der Waals surface area contributed by atoms with Crippen LogP contribution >= 0.6 is 0 Å². The Morgan fingerprint density at radius 3 is 2.57 bits per heavy atom. The van der Waals surface area contributed by atoms with Gasteiger partial charge in [0, 0.05) is 24.7 Å². The summed E-state index contributed by atoms with van der Waals surface area (Å²) in [6.07, 6.45) is 1.67. The Balaban J connectivity index is 2.26. The van der Waals surface area contributed by atoms with Gasteiger partial charge in [0.15, 0.2) is 0 Å².